The maximum atomic E-state index is 12.2. The van der Waals surface area contributed by atoms with Gasteiger partial charge >= 0.3 is 0 Å². The Hall–Kier alpha value is -2.31. The number of benzene rings is 2. The molecule has 1 aromatic heterocycles. The first kappa shape index (κ1) is 16.5. The van der Waals surface area contributed by atoms with E-state index in [0.717, 1.165) is 5.56 Å². The average molecular weight is 359 g/mol. The fraction of sp³-hybridized carbons (Fsp3) is 0.118. The van der Waals surface area contributed by atoms with E-state index in [0.29, 0.717) is 21.7 Å². The topological polar surface area (TPSA) is 70.7 Å². The van der Waals surface area contributed by atoms with Crippen LogP contribution in [0, 0.1) is 0 Å². The molecule has 0 fully saturated rings. The monoisotopic (exact) mass is 358 g/mol. The molecule has 7 heteroatoms. The van der Waals surface area contributed by atoms with Gasteiger partial charge in [-0.05, 0) is 31.2 Å². The van der Waals surface area contributed by atoms with Crippen LogP contribution in [-0.4, -0.2) is 26.3 Å². The van der Waals surface area contributed by atoms with Gasteiger partial charge in [0.05, 0.1) is 5.25 Å². The van der Waals surface area contributed by atoms with Gasteiger partial charge in [-0.3, -0.25) is 9.89 Å². The first-order valence-electron chi connectivity index (χ1n) is 7.33. The Kier molecular flexibility index (Phi) is 5.17. The summed E-state index contributed by atoms with van der Waals surface area (Å²) < 4.78 is 0. The number of carbonyl (C=O) groups is 1. The third kappa shape index (κ3) is 4.15. The van der Waals surface area contributed by atoms with Crippen LogP contribution in [0.15, 0.2) is 59.8 Å². The molecule has 0 bridgehead atoms. The highest BCUT2D eigenvalue weighted by Gasteiger charge is 2.17. The van der Waals surface area contributed by atoms with E-state index in [-0.39, 0.29) is 11.2 Å². The van der Waals surface area contributed by atoms with Gasteiger partial charge in [-0.2, -0.15) is 0 Å². The molecule has 1 amide bonds. The second-order valence-electron chi connectivity index (χ2n) is 5.09. The van der Waals surface area contributed by atoms with E-state index in [1.54, 1.807) is 24.3 Å². The molecular formula is C17H15ClN4OS. The first-order chi connectivity index (χ1) is 11.6. The van der Waals surface area contributed by atoms with Crippen LogP contribution in [0.1, 0.15) is 6.92 Å². The molecule has 0 aliphatic rings. The van der Waals surface area contributed by atoms with Crippen LogP contribution in [0.5, 0.6) is 0 Å². The lowest BCUT2D eigenvalue weighted by atomic mass is 10.2. The predicted molar refractivity (Wildman–Crippen MR) is 97.2 cm³/mol. The third-order valence-corrected chi connectivity index (χ3v) is 4.49. The van der Waals surface area contributed by atoms with Crippen LogP contribution < -0.4 is 5.32 Å². The number of thioether (sulfide) groups is 1. The van der Waals surface area contributed by atoms with E-state index in [9.17, 15) is 4.79 Å². The Balaban J connectivity index is 1.62. The molecule has 3 rings (SSSR count). The highest BCUT2D eigenvalue weighted by molar-refractivity contribution is 8.00. The molecule has 1 unspecified atom stereocenters. The van der Waals surface area contributed by atoms with E-state index >= 15 is 0 Å². The maximum Gasteiger partial charge on any atom is 0.237 e. The second kappa shape index (κ2) is 7.51. The number of hydrogen-bond donors (Lipinski definition) is 2. The van der Waals surface area contributed by atoms with Crippen LogP contribution in [0.2, 0.25) is 5.02 Å². The molecule has 0 saturated heterocycles. The van der Waals surface area contributed by atoms with Gasteiger partial charge in [0.2, 0.25) is 11.1 Å². The quantitative estimate of drug-likeness (QED) is 0.669. The van der Waals surface area contributed by atoms with Crippen LogP contribution in [0.3, 0.4) is 0 Å². The number of aromatic amines is 1. The number of amides is 1. The first-order valence-corrected chi connectivity index (χ1v) is 8.58. The van der Waals surface area contributed by atoms with Gasteiger partial charge in [-0.15, -0.1) is 5.10 Å². The number of H-pyrrole nitrogens is 1. The lowest BCUT2D eigenvalue weighted by Gasteiger charge is -2.10. The summed E-state index contributed by atoms with van der Waals surface area (Å²) in [5.74, 6) is 0.566. The Morgan fingerprint density at radius 1 is 1.17 bits per heavy atom. The van der Waals surface area contributed by atoms with Gasteiger partial charge in [-0.25, -0.2) is 4.98 Å². The van der Waals surface area contributed by atoms with Crippen molar-refractivity contribution in [3.8, 4) is 11.4 Å². The molecule has 122 valence electrons. The number of halogens is 1. The van der Waals surface area contributed by atoms with Gasteiger partial charge in [0.1, 0.15) is 0 Å². The van der Waals surface area contributed by atoms with E-state index in [4.69, 9.17) is 11.6 Å². The van der Waals surface area contributed by atoms with E-state index in [1.165, 1.54) is 11.8 Å². The molecular weight excluding hydrogens is 344 g/mol. The summed E-state index contributed by atoms with van der Waals surface area (Å²) in [6.07, 6.45) is 0. The van der Waals surface area contributed by atoms with Crippen molar-refractivity contribution >= 4 is 35.0 Å². The summed E-state index contributed by atoms with van der Waals surface area (Å²) >= 11 is 7.13. The summed E-state index contributed by atoms with van der Waals surface area (Å²) in [4.78, 5) is 16.7. The lowest BCUT2D eigenvalue weighted by Crippen LogP contribution is -2.22. The summed E-state index contributed by atoms with van der Waals surface area (Å²) in [6.45, 7) is 1.81. The van der Waals surface area contributed by atoms with Gasteiger partial charge in [0.15, 0.2) is 5.82 Å². The number of rotatable bonds is 5. The van der Waals surface area contributed by atoms with Crippen molar-refractivity contribution < 1.29 is 4.79 Å². The van der Waals surface area contributed by atoms with E-state index < -0.39 is 0 Å². The van der Waals surface area contributed by atoms with Crippen LogP contribution >= 0.6 is 23.4 Å². The molecule has 1 atom stereocenters. The Labute approximate surface area is 148 Å². The van der Waals surface area contributed by atoms with E-state index in [1.807, 2.05) is 37.3 Å². The van der Waals surface area contributed by atoms with Gasteiger partial charge in [0, 0.05) is 16.3 Å². The molecule has 0 saturated carbocycles. The van der Waals surface area contributed by atoms with Crippen molar-refractivity contribution in [2.45, 2.75) is 17.3 Å². The standard InChI is InChI=1S/C17H15ClN4OS/c1-11(16(23)19-14-9-7-13(18)8-10-14)24-17-20-15(21-22-17)12-5-3-2-4-6-12/h2-11H,1H3,(H,19,23)(H,20,21,22). The number of hydrogen-bond acceptors (Lipinski definition) is 4. The molecule has 1 heterocycles. The van der Waals surface area contributed by atoms with Crippen molar-refractivity contribution in [3.63, 3.8) is 0 Å². The molecule has 24 heavy (non-hydrogen) atoms. The highest BCUT2D eigenvalue weighted by Crippen LogP contribution is 2.23. The normalized spacial score (nSPS) is 11.9. The minimum absolute atomic E-state index is 0.117. The number of nitrogens with zero attached hydrogens (tertiary/aromatic N) is 2. The van der Waals surface area contributed by atoms with Crippen LogP contribution in [0.4, 0.5) is 5.69 Å². The van der Waals surface area contributed by atoms with Crippen molar-refractivity contribution in [1.82, 2.24) is 15.2 Å². The fourth-order valence-electron chi connectivity index (χ4n) is 2.01. The zero-order valence-corrected chi connectivity index (χ0v) is 14.4. The average Bonchev–Trinajstić information content (AvgIpc) is 3.06. The molecule has 2 N–H and O–H groups in total. The number of aromatic nitrogens is 3. The molecule has 0 radical (unpaired) electrons. The van der Waals surface area contributed by atoms with Crippen molar-refractivity contribution in [3.05, 3.63) is 59.6 Å². The lowest BCUT2D eigenvalue weighted by molar-refractivity contribution is -0.115. The SMILES string of the molecule is CC(Sc1n[nH]c(-c2ccccc2)n1)C(=O)Nc1ccc(Cl)cc1. The number of carbonyl (C=O) groups excluding carboxylic acids is 1. The van der Waals surface area contributed by atoms with Crippen molar-refractivity contribution in [1.29, 1.82) is 0 Å². The second-order valence-corrected chi connectivity index (χ2v) is 6.83. The zero-order valence-electron chi connectivity index (χ0n) is 12.9. The van der Waals surface area contributed by atoms with Gasteiger partial charge < -0.3 is 5.32 Å². The Morgan fingerprint density at radius 2 is 1.88 bits per heavy atom. The van der Waals surface area contributed by atoms with Crippen molar-refractivity contribution in [2.24, 2.45) is 0 Å². The highest BCUT2D eigenvalue weighted by atomic mass is 35.5. The molecule has 0 aliphatic heterocycles. The third-order valence-electron chi connectivity index (χ3n) is 3.28. The fourth-order valence-corrected chi connectivity index (χ4v) is 2.86. The summed E-state index contributed by atoms with van der Waals surface area (Å²) in [6, 6.07) is 16.7. The van der Waals surface area contributed by atoms with Gasteiger partial charge in [0.25, 0.3) is 0 Å². The van der Waals surface area contributed by atoms with Crippen LogP contribution in [0.25, 0.3) is 11.4 Å². The van der Waals surface area contributed by atoms with Crippen molar-refractivity contribution in [2.75, 3.05) is 5.32 Å². The molecule has 5 nitrogen and oxygen atoms in total. The maximum absolute atomic E-state index is 12.2. The smallest absolute Gasteiger partial charge is 0.237 e. The van der Waals surface area contributed by atoms with Crippen LogP contribution in [-0.2, 0) is 4.79 Å². The summed E-state index contributed by atoms with van der Waals surface area (Å²) in [5.41, 5.74) is 1.66. The van der Waals surface area contributed by atoms with E-state index in [2.05, 4.69) is 20.5 Å². The predicted octanol–water partition coefficient (Wildman–Crippen LogP) is 4.24. The number of nitrogens with one attached hydrogen (secondary N) is 2. The molecule has 0 spiro atoms. The zero-order chi connectivity index (χ0) is 16.9. The Morgan fingerprint density at radius 3 is 2.58 bits per heavy atom. The minimum Gasteiger partial charge on any atom is -0.325 e. The molecule has 0 aliphatic carbocycles. The largest absolute Gasteiger partial charge is 0.325 e. The summed E-state index contributed by atoms with van der Waals surface area (Å²) in [7, 11) is 0. The summed E-state index contributed by atoms with van der Waals surface area (Å²) in [5, 5.41) is 10.7. The number of anilines is 1. The molecule has 2 aromatic carbocycles. The Bertz CT molecular complexity index is 820. The van der Waals surface area contributed by atoms with Gasteiger partial charge in [-0.1, -0.05) is 53.7 Å². The minimum atomic E-state index is -0.333. The molecule has 3 aromatic rings.